The van der Waals surface area contributed by atoms with E-state index in [1.54, 1.807) is 0 Å². The van der Waals surface area contributed by atoms with Crippen molar-refractivity contribution in [1.29, 1.82) is 0 Å². The van der Waals surface area contributed by atoms with Crippen molar-refractivity contribution in [1.82, 2.24) is 4.57 Å². The van der Waals surface area contributed by atoms with Crippen LogP contribution in [0.4, 0.5) is 0 Å². The lowest BCUT2D eigenvalue weighted by Crippen LogP contribution is -1.98. The van der Waals surface area contributed by atoms with Crippen LogP contribution in [-0.4, -0.2) is 4.57 Å². The molecule has 4 heteroatoms. The Balaban J connectivity index is 2.10. The fourth-order valence-corrected chi connectivity index (χ4v) is 2.45. The molecular formula is C14H10ClNOS. The van der Waals surface area contributed by atoms with Crippen molar-refractivity contribution in [2.45, 2.75) is 6.54 Å². The highest BCUT2D eigenvalue weighted by Gasteiger charge is 2.06. The second-order valence-electron chi connectivity index (χ2n) is 4.05. The van der Waals surface area contributed by atoms with Gasteiger partial charge in [0.25, 0.3) is 4.84 Å². The second kappa shape index (κ2) is 4.59. The summed E-state index contributed by atoms with van der Waals surface area (Å²) in [6, 6.07) is 15.6. The number of para-hydroxylation sites is 2. The van der Waals surface area contributed by atoms with Crippen LogP contribution in [0.1, 0.15) is 5.56 Å². The Kier molecular flexibility index (Phi) is 2.94. The molecule has 0 radical (unpaired) electrons. The summed E-state index contributed by atoms with van der Waals surface area (Å²) >= 11 is 11.2. The predicted molar refractivity (Wildman–Crippen MR) is 75.6 cm³/mol. The number of oxazole rings is 1. The lowest BCUT2D eigenvalue weighted by Gasteiger charge is -2.03. The zero-order valence-corrected chi connectivity index (χ0v) is 11.0. The van der Waals surface area contributed by atoms with E-state index in [1.165, 1.54) is 0 Å². The smallest absolute Gasteiger partial charge is 0.269 e. The first kappa shape index (κ1) is 11.5. The summed E-state index contributed by atoms with van der Waals surface area (Å²) < 4.78 is 7.51. The average molecular weight is 276 g/mol. The molecule has 0 aliphatic heterocycles. The van der Waals surface area contributed by atoms with Crippen molar-refractivity contribution in [3.05, 3.63) is 64.0 Å². The molecule has 0 fully saturated rings. The van der Waals surface area contributed by atoms with E-state index in [0.29, 0.717) is 11.4 Å². The molecule has 0 saturated heterocycles. The van der Waals surface area contributed by atoms with E-state index in [4.69, 9.17) is 28.2 Å². The molecule has 0 N–H and O–H groups in total. The Morgan fingerprint density at radius 1 is 1.11 bits per heavy atom. The maximum absolute atomic E-state index is 5.98. The van der Waals surface area contributed by atoms with Gasteiger partial charge in [-0.15, -0.1) is 0 Å². The van der Waals surface area contributed by atoms with E-state index in [2.05, 4.69) is 0 Å². The Morgan fingerprint density at radius 3 is 2.78 bits per heavy atom. The molecule has 3 aromatic rings. The molecule has 90 valence electrons. The van der Waals surface area contributed by atoms with Crippen LogP contribution in [-0.2, 0) is 6.54 Å². The summed E-state index contributed by atoms with van der Waals surface area (Å²) in [7, 11) is 0. The minimum Gasteiger partial charge on any atom is -0.429 e. The Hall–Kier alpha value is -1.58. The molecule has 0 bridgehead atoms. The third kappa shape index (κ3) is 2.07. The molecule has 1 aromatic heterocycles. The first-order valence-electron chi connectivity index (χ1n) is 5.57. The van der Waals surface area contributed by atoms with Crippen molar-refractivity contribution >= 4 is 34.9 Å². The van der Waals surface area contributed by atoms with Crippen LogP contribution in [0.5, 0.6) is 0 Å². The van der Waals surface area contributed by atoms with Gasteiger partial charge in [0.15, 0.2) is 5.58 Å². The third-order valence-corrected chi connectivity index (χ3v) is 3.34. The van der Waals surface area contributed by atoms with Crippen molar-refractivity contribution < 1.29 is 4.42 Å². The summed E-state index contributed by atoms with van der Waals surface area (Å²) in [5, 5.41) is 0.729. The van der Waals surface area contributed by atoms with E-state index >= 15 is 0 Å². The van der Waals surface area contributed by atoms with Gasteiger partial charge in [0.05, 0.1) is 12.1 Å². The standard InChI is InChI=1S/C14H10ClNOS/c15-11-5-3-4-10(8-11)9-16-12-6-1-2-7-13(12)17-14(16)18/h1-8H,9H2. The summed E-state index contributed by atoms with van der Waals surface area (Å²) in [4.78, 5) is 0.483. The van der Waals surface area contributed by atoms with E-state index < -0.39 is 0 Å². The number of halogens is 1. The number of aromatic nitrogens is 1. The van der Waals surface area contributed by atoms with Crippen molar-refractivity contribution in [3.8, 4) is 0 Å². The Labute approximate surface area is 114 Å². The van der Waals surface area contributed by atoms with Gasteiger partial charge in [-0.2, -0.15) is 0 Å². The van der Waals surface area contributed by atoms with E-state index in [9.17, 15) is 0 Å². The normalized spacial score (nSPS) is 10.9. The largest absolute Gasteiger partial charge is 0.429 e. The molecule has 1 heterocycles. The highest BCUT2D eigenvalue weighted by Crippen LogP contribution is 2.19. The van der Waals surface area contributed by atoms with Crippen LogP contribution in [0.15, 0.2) is 52.9 Å². The van der Waals surface area contributed by atoms with Gasteiger partial charge in [-0.05, 0) is 42.0 Å². The lowest BCUT2D eigenvalue weighted by atomic mass is 10.2. The number of nitrogens with zero attached hydrogens (tertiary/aromatic N) is 1. The minimum absolute atomic E-state index is 0.483. The third-order valence-electron chi connectivity index (χ3n) is 2.80. The number of hydrogen-bond acceptors (Lipinski definition) is 2. The fraction of sp³-hybridized carbons (Fsp3) is 0.0714. The van der Waals surface area contributed by atoms with Gasteiger partial charge in [-0.3, -0.25) is 4.57 Å². The topological polar surface area (TPSA) is 18.1 Å². The zero-order valence-electron chi connectivity index (χ0n) is 9.47. The maximum Gasteiger partial charge on any atom is 0.269 e. The van der Waals surface area contributed by atoms with Crippen LogP contribution in [0.25, 0.3) is 11.1 Å². The second-order valence-corrected chi connectivity index (χ2v) is 4.84. The van der Waals surface area contributed by atoms with Crippen LogP contribution < -0.4 is 0 Å². The summed E-state index contributed by atoms with van der Waals surface area (Å²) in [6.07, 6.45) is 0. The first-order valence-corrected chi connectivity index (χ1v) is 6.35. The highest BCUT2D eigenvalue weighted by atomic mass is 35.5. The average Bonchev–Trinajstić information content (AvgIpc) is 2.66. The molecule has 2 aromatic carbocycles. The molecule has 0 saturated carbocycles. The van der Waals surface area contributed by atoms with E-state index in [-0.39, 0.29) is 0 Å². The monoisotopic (exact) mass is 275 g/mol. The molecule has 2 nitrogen and oxygen atoms in total. The molecule has 0 spiro atoms. The van der Waals surface area contributed by atoms with Gasteiger partial charge in [0.1, 0.15) is 0 Å². The van der Waals surface area contributed by atoms with Gasteiger partial charge >= 0.3 is 0 Å². The van der Waals surface area contributed by atoms with Gasteiger partial charge in [-0.1, -0.05) is 35.9 Å². The predicted octanol–water partition coefficient (Wildman–Crippen LogP) is 4.67. The maximum atomic E-state index is 5.98. The zero-order chi connectivity index (χ0) is 12.5. The quantitative estimate of drug-likeness (QED) is 0.633. The number of fused-ring (bicyclic) bond motifs is 1. The molecule has 0 unspecified atom stereocenters. The van der Waals surface area contributed by atoms with Crippen LogP contribution >= 0.6 is 23.8 Å². The first-order chi connectivity index (χ1) is 8.74. The van der Waals surface area contributed by atoms with Crippen molar-refractivity contribution in [2.24, 2.45) is 0 Å². The Bertz CT molecular complexity index is 760. The van der Waals surface area contributed by atoms with Gasteiger partial charge in [0, 0.05) is 5.02 Å². The van der Waals surface area contributed by atoms with Crippen molar-refractivity contribution in [2.75, 3.05) is 0 Å². The fourth-order valence-electron chi connectivity index (χ4n) is 1.98. The Morgan fingerprint density at radius 2 is 1.94 bits per heavy atom. The molecule has 0 aliphatic rings. The van der Waals surface area contributed by atoms with Crippen LogP contribution in [0.2, 0.25) is 5.02 Å². The SMILES string of the molecule is S=c1oc2ccccc2n1Cc1cccc(Cl)c1. The minimum atomic E-state index is 0.483. The van der Waals surface area contributed by atoms with Crippen LogP contribution in [0, 0.1) is 4.84 Å². The summed E-state index contributed by atoms with van der Waals surface area (Å²) in [5.74, 6) is 0. The highest BCUT2D eigenvalue weighted by molar-refractivity contribution is 7.71. The van der Waals surface area contributed by atoms with Gasteiger partial charge in [0.2, 0.25) is 0 Å². The molecule has 18 heavy (non-hydrogen) atoms. The van der Waals surface area contributed by atoms with E-state index in [0.717, 1.165) is 21.7 Å². The number of hydrogen-bond donors (Lipinski definition) is 0. The summed E-state index contributed by atoms with van der Waals surface area (Å²) in [5.41, 5.74) is 2.91. The molecule has 0 amide bonds. The number of benzene rings is 2. The van der Waals surface area contributed by atoms with Gasteiger partial charge in [-0.25, -0.2) is 0 Å². The molecule has 0 atom stereocenters. The molecular weight excluding hydrogens is 266 g/mol. The van der Waals surface area contributed by atoms with Crippen LogP contribution in [0.3, 0.4) is 0 Å². The van der Waals surface area contributed by atoms with Gasteiger partial charge < -0.3 is 4.42 Å². The summed E-state index contributed by atoms with van der Waals surface area (Å²) in [6.45, 7) is 0.663. The lowest BCUT2D eigenvalue weighted by molar-refractivity contribution is 0.548. The van der Waals surface area contributed by atoms with E-state index in [1.807, 2.05) is 53.1 Å². The number of rotatable bonds is 2. The molecule has 3 rings (SSSR count). The van der Waals surface area contributed by atoms with Crippen molar-refractivity contribution in [3.63, 3.8) is 0 Å². The molecule has 0 aliphatic carbocycles.